The Bertz CT molecular complexity index is 128. The number of hydrogen-bond donors (Lipinski definition) is 4. The summed E-state index contributed by atoms with van der Waals surface area (Å²) in [5.41, 5.74) is 10.2. The monoisotopic (exact) mass is 176 g/mol. The molecule has 0 aromatic rings. The van der Waals surface area contributed by atoms with Crippen LogP contribution in [0.3, 0.4) is 0 Å². The van der Waals surface area contributed by atoms with Gasteiger partial charge in [-0.15, -0.1) is 0 Å². The predicted molar refractivity (Wildman–Crippen MR) is 48.5 cm³/mol. The highest BCUT2D eigenvalue weighted by Crippen LogP contribution is 2.26. The van der Waals surface area contributed by atoms with Crippen LogP contribution in [0.4, 0.5) is 0 Å². The molecule has 74 valence electrons. The molecule has 0 aliphatic rings. The van der Waals surface area contributed by atoms with Crippen molar-refractivity contribution in [3.63, 3.8) is 0 Å². The van der Waals surface area contributed by atoms with E-state index in [0.717, 1.165) is 0 Å². The van der Waals surface area contributed by atoms with E-state index < -0.39 is 12.2 Å². The quantitative estimate of drug-likeness (QED) is 0.434. The molecule has 0 heterocycles. The summed E-state index contributed by atoms with van der Waals surface area (Å²) in [5, 5.41) is 18.7. The van der Waals surface area contributed by atoms with Crippen molar-refractivity contribution >= 4 is 0 Å². The second-order valence-electron chi connectivity index (χ2n) is 3.83. The van der Waals surface area contributed by atoms with Crippen LogP contribution in [0.2, 0.25) is 0 Å². The smallest absolute Gasteiger partial charge is 0.0714 e. The standard InChI is InChI=1S/C8H20N2O2/c1-8(2,7(12)5-10)3-6(11)4-9/h6-7,11-12H,3-5,9-10H2,1-2H3. The summed E-state index contributed by atoms with van der Waals surface area (Å²) >= 11 is 0. The summed E-state index contributed by atoms with van der Waals surface area (Å²) < 4.78 is 0. The Morgan fingerprint density at radius 1 is 1.17 bits per heavy atom. The van der Waals surface area contributed by atoms with Gasteiger partial charge in [0.15, 0.2) is 0 Å². The predicted octanol–water partition coefficient (Wildman–Crippen LogP) is -0.958. The van der Waals surface area contributed by atoms with Gasteiger partial charge in [-0.1, -0.05) is 13.8 Å². The van der Waals surface area contributed by atoms with Gasteiger partial charge in [-0.05, 0) is 11.8 Å². The van der Waals surface area contributed by atoms with Gasteiger partial charge < -0.3 is 21.7 Å². The first-order valence-corrected chi connectivity index (χ1v) is 4.20. The molecule has 0 aromatic heterocycles. The van der Waals surface area contributed by atoms with E-state index in [1.165, 1.54) is 0 Å². The molecule has 0 saturated carbocycles. The second kappa shape index (κ2) is 4.77. The molecule has 0 fully saturated rings. The Morgan fingerprint density at radius 2 is 1.67 bits per heavy atom. The van der Waals surface area contributed by atoms with Crippen molar-refractivity contribution in [1.82, 2.24) is 0 Å². The van der Waals surface area contributed by atoms with Crippen molar-refractivity contribution in [2.45, 2.75) is 32.5 Å². The highest BCUT2D eigenvalue weighted by molar-refractivity contribution is 4.81. The summed E-state index contributed by atoms with van der Waals surface area (Å²) in [5.74, 6) is 0. The fraction of sp³-hybridized carbons (Fsp3) is 1.00. The first-order valence-electron chi connectivity index (χ1n) is 4.20. The minimum absolute atomic E-state index is 0.213. The zero-order valence-electron chi connectivity index (χ0n) is 7.83. The zero-order valence-corrected chi connectivity index (χ0v) is 7.83. The Labute approximate surface area is 73.6 Å². The van der Waals surface area contributed by atoms with Gasteiger partial charge in [0.05, 0.1) is 12.2 Å². The molecule has 0 aliphatic heterocycles. The maximum Gasteiger partial charge on any atom is 0.0714 e. The first-order chi connectivity index (χ1) is 5.44. The van der Waals surface area contributed by atoms with Crippen LogP contribution in [-0.2, 0) is 0 Å². The number of rotatable bonds is 5. The van der Waals surface area contributed by atoms with Crippen LogP contribution in [0.25, 0.3) is 0 Å². The van der Waals surface area contributed by atoms with Crippen molar-refractivity contribution in [2.24, 2.45) is 16.9 Å². The number of aliphatic hydroxyl groups is 2. The van der Waals surface area contributed by atoms with E-state index >= 15 is 0 Å². The summed E-state index contributed by atoms with van der Waals surface area (Å²) in [6.45, 7) is 4.16. The fourth-order valence-electron chi connectivity index (χ4n) is 1.15. The fourth-order valence-corrected chi connectivity index (χ4v) is 1.15. The molecule has 0 rings (SSSR count). The third kappa shape index (κ3) is 3.49. The molecule has 2 unspecified atom stereocenters. The Balaban J connectivity index is 4.02. The van der Waals surface area contributed by atoms with Gasteiger partial charge in [-0.2, -0.15) is 0 Å². The van der Waals surface area contributed by atoms with Crippen molar-refractivity contribution in [2.75, 3.05) is 13.1 Å². The maximum absolute atomic E-state index is 9.45. The Hall–Kier alpha value is -0.160. The molecule has 12 heavy (non-hydrogen) atoms. The third-order valence-corrected chi connectivity index (χ3v) is 2.16. The molecule has 0 bridgehead atoms. The van der Waals surface area contributed by atoms with Gasteiger partial charge in [0.25, 0.3) is 0 Å². The molecular weight excluding hydrogens is 156 g/mol. The number of hydrogen-bond acceptors (Lipinski definition) is 4. The Morgan fingerprint density at radius 3 is 2.00 bits per heavy atom. The van der Waals surface area contributed by atoms with Gasteiger partial charge >= 0.3 is 0 Å². The molecule has 0 radical (unpaired) electrons. The van der Waals surface area contributed by atoms with Crippen LogP contribution in [0, 0.1) is 5.41 Å². The van der Waals surface area contributed by atoms with Gasteiger partial charge in [0.2, 0.25) is 0 Å². The highest BCUT2D eigenvalue weighted by atomic mass is 16.3. The van der Waals surface area contributed by atoms with E-state index in [1.807, 2.05) is 13.8 Å². The molecule has 4 heteroatoms. The van der Waals surface area contributed by atoms with Gasteiger partial charge in [0.1, 0.15) is 0 Å². The largest absolute Gasteiger partial charge is 0.392 e. The van der Waals surface area contributed by atoms with Crippen LogP contribution in [0.1, 0.15) is 20.3 Å². The lowest BCUT2D eigenvalue weighted by Gasteiger charge is -2.31. The summed E-state index contributed by atoms with van der Waals surface area (Å²) in [6.07, 6.45) is -0.665. The molecule has 0 spiro atoms. The zero-order chi connectivity index (χ0) is 9.78. The van der Waals surface area contributed by atoms with Crippen LogP contribution < -0.4 is 11.5 Å². The molecule has 2 atom stereocenters. The van der Waals surface area contributed by atoms with Gasteiger partial charge in [-0.25, -0.2) is 0 Å². The lowest BCUT2D eigenvalue weighted by atomic mass is 9.81. The maximum atomic E-state index is 9.45. The van der Waals surface area contributed by atoms with Gasteiger partial charge in [-0.3, -0.25) is 0 Å². The summed E-state index contributed by atoms with van der Waals surface area (Å²) in [6, 6.07) is 0. The molecule has 0 aliphatic carbocycles. The lowest BCUT2D eigenvalue weighted by Crippen LogP contribution is -2.39. The Kier molecular flexibility index (Phi) is 4.70. The normalized spacial score (nSPS) is 17.5. The SMILES string of the molecule is CC(C)(CC(O)CN)C(O)CN. The van der Waals surface area contributed by atoms with E-state index in [4.69, 9.17) is 11.5 Å². The second-order valence-corrected chi connectivity index (χ2v) is 3.83. The van der Waals surface area contributed by atoms with Crippen molar-refractivity contribution in [3.05, 3.63) is 0 Å². The van der Waals surface area contributed by atoms with Crippen LogP contribution in [-0.4, -0.2) is 35.5 Å². The van der Waals surface area contributed by atoms with E-state index in [9.17, 15) is 10.2 Å². The summed E-state index contributed by atoms with van der Waals surface area (Å²) in [4.78, 5) is 0. The lowest BCUT2D eigenvalue weighted by molar-refractivity contribution is 0.0163. The molecule has 0 aromatic carbocycles. The topological polar surface area (TPSA) is 92.5 Å². The molecule has 0 amide bonds. The minimum atomic E-state index is -0.585. The highest BCUT2D eigenvalue weighted by Gasteiger charge is 2.28. The average Bonchev–Trinajstić information content (AvgIpc) is 2.02. The van der Waals surface area contributed by atoms with E-state index in [-0.39, 0.29) is 18.5 Å². The van der Waals surface area contributed by atoms with Crippen molar-refractivity contribution < 1.29 is 10.2 Å². The average molecular weight is 176 g/mol. The van der Waals surface area contributed by atoms with Crippen LogP contribution in [0.15, 0.2) is 0 Å². The first kappa shape index (κ1) is 11.8. The minimum Gasteiger partial charge on any atom is -0.392 e. The van der Waals surface area contributed by atoms with Crippen molar-refractivity contribution in [1.29, 1.82) is 0 Å². The molecular formula is C8H20N2O2. The van der Waals surface area contributed by atoms with E-state index in [2.05, 4.69) is 0 Å². The number of nitrogens with two attached hydrogens (primary N) is 2. The molecule has 6 N–H and O–H groups in total. The van der Waals surface area contributed by atoms with E-state index in [1.54, 1.807) is 0 Å². The van der Waals surface area contributed by atoms with Crippen LogP contribution in [0.5, 0.6) is 0 Å². The number of aliphatic hydroxyl groups excluding tert-OH is 2. The third-order valence-electron chi connectivity index (χ3n) is 2.16. The van der Waals surface area contributed by atoms with Gasteiger partial charge in [0, 0.05) is 13.1 Å². The molecule has 0 saturated heterocycles. The summed E-state index contributed by atoms with van der Waals surface area (Å²) in [7, 11) is 0. The van der Waals surface area contributed by atoms with Crippen molar-refractivity contribution in [3.8, 4) is 0 Å². The van der Waals surface area contributed by atoms with E-state index in [0.29, 0.717) is 6.42 Å². The molecule has 4 nitrogen and oxygen atoms in total. The van der Waals surface area contributed by atoms with Crippen LogP contribution >= 0.6 is 0 Å².